The first kappa shape index (κ1) is 18.0. The predicted molar refractivity (Wildman–Crippen MR) is 109 cm³/mol. The lowest BCUT2D eigenvalue weighted by atomic mass is 10.1. The SMILES string of the molecule is Cc1cn(-c2ccc(-c3csc(Nc4ccc(Cl)cc4Cl)n3)cc2F)cn1. The molecule has 136 valence electrons. The zero-order chi connectivity index (χ0) is 19.0. The Morgan fingerprint density at radius 1 is 1.15 bits per heavy atom. The lowest BCUT2D eigenvalue weighted by molar-refractivity contribution is 0.618. The molecule has 0 radical (unpaired) electrons. The van der Waals surface area contributed by atoms with Crippen molar-refractivity contribution in [2.45, 2.75) is 6.92 Å². The Balaban J connectivity index is 1.58. The van der Waals surface area contributed by atoms with Crippen LogP contribution >= 0.6 is 34.5 Å². The lowest BCUT2D eigenvalue weighted by Gasteiger charge is -2.06. The molecule has 0 saturated heterocycles. The number of rotatable bonds is 4. The van der Waals surface area contributed by atoms with Crippen molar-refractivity contribution < 1.29 is 4.39 Å². The number of aryl methyl sites for hydroxylation is 1. The maximum Gasteiger partial charge on any atom is 0.187 e. The topological polar surface area (TPSA) is 42.7 Å². The standard InChI is InChI=1S/C19H13Cl2FN4S/c1-11-8-26(10-23-11)18-5-2-12(6-15(18)22)17-9-27-19(25-17)24-16-4-3-13(20)7-14(16)21/h2-10H,1H3,(H,24,25). The van der Waals surface area contributed by atoms with Crippen LogP contribution in [0.15, 0.2) is 54.3 Å². The van der Waals surface area contributed by atoms with Crippen LogP contribution in [0.2, 0.25) is 10.0 Å². The van der Waals surface area contributed by atoms with Gasteiger partial charge in [0.15, 0.2) is 5.13 Å². The third kappa shape index (κ3) is 3.83. The zero-order valence-corrected chi connectivity index (χ0v) is 16.4. The molecular weight excluding hydrogens is 406 g/mol. The van der Waals surface area contributed by atoms with Crippen molar-refractivity contribution in [3.63, 3.8) is 0 Å². The number of hydrogen-bond acceptors (Lipinski definition) is 4. The van der Waals surface area contributed by atoms with Gasteiger partial charge in [-0.25, -0.2) is 14.4 Å². The highest BCUT2D eigenvalue weighted by atomic mass is 35.5. The molecule has 2 aromatic carbocycles. The van der Waals surface area contributed by atoms with Crippen molar-refractivity contribution in [2.75, 3.05) is 5.32 Å². The number of anilines is 2. The van der Waals surface area contributed by atoms with Crippen LogP contribution in [0.25, 0.3) is 16.9 Å². The smallest absolute Gasteiger partial charge is 0.187 e. The second kappa shape index (κ2) is 7.31. The van der Waals surface area contributed by atoms with E-state index in [0.717, 1.165) is 5.69 Å². The maximum atomic E-state index is 14.6. The van der Waals surface area contributed by atoms with Crippen molar-refractivity contribution in [3.05, 3.63) is 75.9 Å². The van der Waals surface area contributed by atoms with Crippen LogP contribution in [-0.2, 0) is 0 Å². The Kier molecular flexibility index (Phi) is 4.86. The normalized spacial score (nSPS) is 11.0. The summed E-state index contributed by atoms with van der Waals surface area (Å²) in [4.78, 5) is 8.65. The number of benzene rings is 2. The van der Waals surface area contributed by atoms with Gasteiger partial charge in [0.05, 0.1) is 34.1 Å². The summed E-state index contributed by atoms with van der Waals surface area (Å²) in [6, 6.07) is 10.2. The maximum absolute atomic E-state index is 14.6. The van der Waals surface area contributed by atoms with Crippen LogP contribution in [0.3, 0.4) is 0 Å². The van der Waals surface area contributed by atoms with E-state index in [2.05, 4.69) is 15.3 Å². The Morgan fingerprint density at radius 2 is 2.00 bits per heavy atom. The first-order valence-electron chi connectivity index (χ1n) is 7.98. The minimum Gasteiger partial charge on any atom is -0.330 e. The molecule has 0 aliphatic carbocycles. The van der Waals surface area contributed by atoms with Crippen LogP contribution in [0.5, 0.6) is 0 Å². The van der Waals surface area contributed by atoms with E-state index in [-0.39, 0.29) is 5.82 Å². The van der Waals surface area contributed by atoms with Crippen LogP contribution in [-0.4, -0.2) is 14.5 Å². The lowest BCUT2D eigenvalue weighted by Crippen LogP contribution is -1.95. The highest BCUT2D eigenvalue weighted by Crippen LogP contribution is 2.32. The third-order valence-electron chi connectivity index (χ3n) is 3.91. The molecule has 2 heterocycles. The Hall–Kier alpha value is -2.41. The van der Waals surface area contributed by atoms with Crippen molar-refractivity contribution >= 4 is 45.4 Å². The van der Waals surface area contributed by atoms with Gasteiger partial charge in [-0.2, -0.15) is 0 Å². The van der Waals surface area contributed by atoms with E-state index in [1.165, 1.54) is 17.4 Å². The minimum atomic E-state index is -0.340. The van der Waals surface area contributed by atoms with Crippen LogP contribution in [0, 0.1) is 12.7 Å². The summed E-state index contributed by atoms with van der Waals surface area (Å²) in [5.41, 5.74) is 3.36. The van der Waals surface area contributed by atoms with Crippen LogP contribution in [0.4, 0.5) is 15.2 Å². The van der Waals surface area contributed by atoms with Gasteiger partial charge in [0.1, 0.15) is 5.82 Å². The monoisotopic (exact) mass is 418 g/mol. The molecule has 0 atom stereocenters. The van der Waals surface area contributed by atoms with Gasteiger partial charge in [0.25, 0.3) is 0 Å². The summed E-state index contributed by atoms with van der Waals surface area (Å²) in [6.45, 7) is 1.86. The van der Waals surface area contributed by atoms with Gasteiger partial charge in [-0.3, -0.25) is 0 Å². The average Bonchev–Trinajstić information content (AvgIpc) is 3.26. The first-order valence-corrected chi connectivity index (χ1v) is 9.61. The van der Waals surface area contributed by atoms with Gasteiger partial charge in [-0.15, -0.1) is 11.3 Å². The summed E-state index contributed by atoms with van der Waals surface area (Å²) >= 11 is 13.5. The molecule has 0 fully saturated rings. The number of nitrogens with zero attached hydrogens (tertiary/aromatic N) is 3. The highest BCUT2D eigenvalue weighted by Gasteiger charge is 2.11. The number of nitrogens with one attached hydrogen (secondary N) is 1. The number of hydrogen-bond donors (Lipinski definition) is 1. The second-order valence-electron chi connectivity index (χ2n) is 5.88. The number of halogens is 3. The Labute approximate surface area is 169 Å². The predicted octanol–water partition coefficient (Wildman–Crippen LogP) is 6.49. The van der Waals surface area contributed by atoms with E-state index in [9.17, 15) is 4.39 Å². The molecule has 1 N–H and O–H groups in total. The van der Waals surface area contributed by atoms with Crippen molar-refractivity contribution in [1.29, 1.82) is 0 Å². The Morgan fingerprint density at radius 3 is 2.70 bits per heavy atom. The van der Waals surface area contributed by atoms with Crippen LogP contribution < -0.4 is 5.32 Å². The molecular formula is C19H13Cl2FN4S. The highest BCUT2D eigenvalue weighted by molar-refractivity contribution is 7.14. The van der Waals surface area contributed by atoms with Crippen molar-refractivity contribution in [2.24, 2.45) is 0 Å². The summed E-state index contributed by atoms with van der Waals surface area (Å²) in [5, 5.41) is 6.74. The van der Waals surface area contributed by atoms with E-state index >= 15 is 0 Å². The van der Waals surface area contributed by atoms with E-state index in [1.807, 2.05) is 18.4 Å². The molecule has 8 heteroatoms. The van der Waals surface area contributed by atoms with Gasteiger partial charge < -0.3 is 9.88 Å². The van der Waals surface area contributed by atoms with Gasteiger partial charge in [-0.05, 0) is 37.3 Å². The van der Waals surface area contributed by atoms with Crippen molar-refractivity contribution in [1.82, 2.24) is 14.5 Å². The van der Waals surface area contributed by atoms with E-state index in [4.69, 9.17) is 23.2 Å². The number of thiazole rings is 1. The minimum absolute atomic E-state index is 0.340. The van der Waals surface area contributed by atoms with E-state index < -0.39 is 0 Å². The second-order valence-corrected chi connectivity index (χ2v) is 7.58. The summed E-state index contributed by atoms with van der Waals surface area (Å²) in [7, 11) is 0. The molecule has 0 spiro atoms. The number of imidazole rings is 1. The van der Waals surface area contributed by atoms with E-state index in [0.29, 0.717) is 37.8 Å². The van der Waals surface area contributed by atoms with Gasteiger partial charge in [0, 0.05) is 22.2 Å². The fourth-order valence-corrected chi connectivity index (χ4v) is 3.79. The molecule has 27 heavy (non-hydrogen) atoms. The fourth-order valence-electron chi connectivity index (χ4n) is 2.60. The van der Waals surface area contributed by atoms with Crippen LogP contribution in [0.1, 0.15) is 5.69 Å². The quantitative estimate of drug-likeness (QED) is 0.411. The first-order chi connectivity index (χ1) is 13.0. The average molecular weight is 419 g/mol. The molecule has 2 aromatic heterocycles. The van der Waals surface area contributed by atoms with E-state index in [1.54, 1.807) is 41.4 Å². The Bertz CT molecular complexity index is 1120. The van der Waals surface area contributed by atoms with Gasteiger partial charge in [-0.1, -0.05) is 29.3 Å². The third-order valence-corrected chi connectivity index (χ3v) is 5.22. The molecule has 0 bridgehead atoms. The van der Waals surface area contributed by atoms with Gasteiger partial charge >= 0.3 is 0 Å². The summed E-state index contributed by atoms with van der Waals surface area (Å²) < 4.78 is 16.2. The molecule has 4 rings (SSSR count). The summed E-state index contributed by atoms with van der Waals surface area (Å²) in [5.74, 6) is -0.340. The summed E-state index contributed by atoms with van der Waals surface area (Å²) in [6.07, 6.45) is 3.37. The molecule has 0 unspecified atom stereocenters. The number of aromatic nitrogens is 3. The fraction of sp³-hybridized carbons (Fsp3) is 0.0526. The molecule has 0 saturated carbocycles. The molecule has 0 aliphatic rings. The molecule has 0 amide bonds. The van der Waals surface area contributed by atoms with Crippen molar-refractivity contribution in [3.8, 4) is 16.9 Å². The molecule has 0 aliphatic heterocycles. The largest absolute Gasteiger partial charge is 0.330 e. The zero-order valence-electron chi connectivity index (χ0n) is 14.1. The molecule has 4 nitrogen and oxygen atoms in total. The molecule has 4 aromatic rings. The van der Waals surface area contributed by atoms with Gasteiger partial charge in [0.2, 0.25) is 0 Å².